The predicted octanol–water partition coefficient (Wildman–Crippen LogP) is 4.98. The summed E-state index contributed by atoms with van der Waals surface area (Å²) in [5.74, 6) is -2.89. The molecule has 230 valence electrons. The first-order valence-electron chi connectivity index (χ1n) is 13.8. The Balaban J connectivity index is 1.37. The van der Waals surface area contributed by atoms with E-state index in [1.165, 1.54) is 23.0 Å². The molecule has 15 heteroatoms. The van der Waals surface area contributed by atoms with E-state index in [1.807, 2.05) is 6.92 Å². The molecule has 10 nitrogen and oxygen atoms in total. The Bertz CT molecular complexity index is 1590. The van der Waals surface area contributed by atoms with Gasteiger partial charge in [0.2, 0.25) is 0 Å². The van der Waals surface area contributed by atoms with E-state index in [1.54, 1.807) is 18.2 Å². The van der Waals surface area contributed by atoms with Crippen LogP contribution in [0, 0.1) is 0 Å². The Morgan fingerprint density at radius 1 is 1.21 bits per heavy atom. The van der Waals surface area contributed by atoms with Crippen molar-refractivity contribution in [2.45, 2.75) is 50.7 Å². The van der Waals surface area contributed by atoms with Gasteiger partial charge in [-0.2, -0.15) is 18.3 Å². The highest BCUT2D eigenvalue weighted by atomic mass is 19.4. The molecule has 3 aromatic heterocycles. The molecule has 0 unspecified atom stereocenters. The van der Waals surface area contributed by atoms with Crippen molar-refractivity contribution < 1.29 is 31.5 Å². The van der Waals surface area contributed by atoms with Crippen LogP contribution in [-0.2, 0) is 17.3 Å². The molecular formula is C28H31F5N8O2. The number of nitrogens with two attached hydrogens (primary N) is 1. The van der Waals surface area contributed by atoms with Crippen molar-refractivity contribution >= 4 is 23.1 Å². The van der Waals surface area contributed by atoms with E-state index in [-0.39, 0.29) is 28.6 Å². The predicted molar refractivity (Wildman–Crippen MR) is 148 cm³/mol. The third kappa shape index (κ3) is 6.62. The monoisotopic (exact) mass is 606 g/mol. The van der Waals surface area contributed by atoms with Crippen molar-refractivity contribution in [3.05, 3.63) is 59.8 Å². The summed E-state index contributed by atoms with van der Waals surface area (Å²) < 4.78 is 76.4. The summed E-state index contributed by atoms with van der Waals surface area (Å²) >= 11 is 0. The van der Waals surface area contributed by atoms with Gasteiger partial charge in [0.15, 0.2) is 17.2 Å². The summed E-state index contributed by atoms with van der Waals surface area (Å²) in [4.78, 5) is 21.4. The second-order valence-corrected chi connectivity index (χ2v) is 10.3. The number of nitrogens with one attached hydrogen (secondary N) is 2. The van der Waals surface area contributed by atoms with E-state index in [9.17, 15) is 26.7 Å². The summed E-state index contributed by atoms with van der Waals surface area (Å²) in [6, 6.07) is 4.34. The number of amides is 1. The third-order valence-electron chi connectivity index (χ3n) is 7.17. The smallest absolute Gasteiger partial charge is 0.380 e. The number of carbonyl (C=O) groups is 1. The highest BCUT2D eigenvalue weighted by Gasteiger charge is 2.48. The van der Waals surface area contributed by atoms with Gasteiger partial charge in [-0.1, -0.05) is 6.92 Å². The van der Waals surface area contributed by atoms with Gasteiger partial charge in [-0.05, 0) is 43.1 Å². The fourth-order valence-corrected chi connectivity index (χ4v) is 4.94. The maximum Gasteiger partial charge on any atom is 0.435 e. The Morgan fingerprint density at radius 3 is 2.70 bits per heavy atom. The van der Waals surface area contributed by atoms with Crippen molar-refractivity contribution in [1.82, 2.24) is 29.5 Å². The van der Waals surface area contributed by atoms with Gasteiger partial charge in [0.25, 0.3) is 11.8 Å². The van der Waals surface area contributed by atoms with Gasteiger partial charge >= 0.3 is 6.18 Å². The molecule has 43 heavy (non-hydrogen) atoms. The number of hydrogen-bond acceptors (Lipinski definition) is 7. The Morgan fingerprint density at radius 2 is 2.00 bits per heavy atom. The number of nitrogens with zero attached hydrogens (tertiary/aromatic N) is 5. The molecule has 5 rings (SSSR count). The molecule has 4 N–H and O–H groups in total. The zero-order valence-electron chi connectivity index (χ0n) is 23.3. The number of fused-ring (bicyclic) bond motifs is 1. The van der Waals surface area contributed by atoms with Gasteiger partial charge in [-0.25, -0.2) is 18.7 Å². The average Bonchev–Trinajstić information content (AvgIpc) is 3.58. The molecule has 0 saturated heterocycles. The number of benzene rings is 1. The maximum absolute atomic E-state index is 13.9. The van der Waals surface area contributed by atoms with Crippen LogP contribution in [0.2, 0.25) is 0 Å². The van der Waals surface area contributed by atoms with Crippen LogP contribution in [0.25, 0.3) is 16.9 Å². The van der Waals surface area contributed by atoms with Crippen molar-refractivity contribution in [3.63, 3.8) is 0 Å². The first-order chi connectivity index (χ1) is 20.5. The number of carbonyl (C=O) groups excluding carboxylic acids is 1. The quantitative estimate of drug-likeness (QED) is 0.153. The normalized spacial score (nSPS) is 15.0. The van der Waals surface area contributed by atoms with Crippen molar-refractivity contribution in [2.75, 3.05) is 31.6 Å². The lowest BCUT2D eigenvalue weighted by Crippen LogP contribution is -2.37. The molecule has 0 spiro atoms. The minimum atomic E-state index is -4.81. The zero-order valence-corrected chi connectivity index (χ0v) is 23.3. The molecule has 1 aliphatic carbocycles. The van der Waals surface area contributed by atoms with E-state index in [0.29, 0.717) is 44.0 Å². The average molecular weight is 607 g/mol. The van der Waals surface area contributed by atoms with Gasteiger partial charge in [-0.15, -0.1) is 0 Å². The summed E-state index contributed by atoms with van der Waals surface area (Å²) in [6.45, 7) is 3.70. The van der Waals surface area contributed by atoms with Crippen LogP contribution < -0.4 is 16.4 Å². The molecule has 4 aromatic rings. The largest absolute Gasteiger partial charge is 0.435 e. The third-order valence-corrected chi connectivity index (χ3v) is 7.17. The summed E-state index contributed by atoms with van der Waals surface area (Å²) in [7, 11) is 0. The number of alkyl halides is 5. The van der Waals surface area contributed by atoms with Gasteiger partial charge in [0.05, 0.1) is 30.1 Å². The van der Waals surface area contributed by atoms with Crippen molar-refractivity contribution in [1.29, 1.82) is 0 Å². The Labute approximate surface area is 243 Å². The van der Waals surface area contributed by atoms with E-state index in [0.717, 1.165) is 22.9 Å². The van der Waals surface area contributed by atoms with Gasteiger partial charge in [-0.3, -0.25) is 13.9 Å². The summed E-state index contributed by atoms with van der Waals surface area (Å²) in [5, 5.41) is 9.61. The van der Waals surface area contributed by atoms with Crippen molar-refractivity contribution in [2.24, 2.45) is 5.73 Å². The molecule has 1 saturated carbocycles. The van der Waals surface area contributed by atoms with Crippen LogP contribution >= 0.6 is 0 Å². The van der Waals surface area contributed by atoms with Crippen LogP contribution in [0.3, 0.4) is 0 Å². The van der Waals surface area contributed by atoms with Crippen LogP contribution in [0.5, 0.6) is 0 Å². The van der Waals surface area contributed by atoms with Crippen LogP contribution in [0.15, 0.2) is 43.0 Å². The first kappa shape index (κ1) is 30.4. The molecule has 3 heterocycles. The van der Waals surface area contributed by atoms with Crippen molar-refractivity contribution in [3.8, 4) is 11.3 Å². The Hall–Kier alpha value is -4.11. The lowest BCUT2D eigenvalue weighted by Gasteiger charge is -2.34. The number of imidazole rings is 1. The van der Waals surface area contributed by atoms with E-state index >= 15 is 0 Å². The molecular weight excluding hydrogens is 575 g/mol. The topological polar surface area (TPSA) is 124 Å². The number of aryl methyl sites for hydroxylation is 1. The van der Waals surface area contributed by atoms with E-state index in [2.05, 4.69) is 25.7 Å². The second-order valence-electron chi connectivity index (χ2n) is 10.3. The molecule has 1 fully saturated rings. The first-order valence-corrected chi connectivity index (χ1v) is 13.8. The van der Waals surface area contributed by atoms with Gasteiger partial charge in [0.1, 0.15) is 0 Å². The molecule has 1 aromatic carbocycles. The highest BCUT2D eigenvalue weighted by Crippen LogP contribution is 2.47. The lowest BCUT2D eigenvalue weighted by atomic mass is 9.88. The molecule has 1 amide bonds. The number of anilines is 2. The molecule has 1 aliphatic rings. The number of ether oxygens (including phenoxy) is 1. The van der Waals surface area contributed by atoms with E-state index < -0.39 is 36.7 Å². The zero-order chi connectivity index (χ0) is 30.8. The maximum atomic E-state index is 13.9. The fraction of sp³-hybridized carbons (Fsp3) is 0.429. The minimum Gasteiger partial charge on any atom is -0.380 e. The molecule has 0 atom stereocenters. The summed E-state index contributed by atoms with van der Waals surface area (Å²) in [5.41, 5.74) is 6.16. The molecule has 0 bridgehead atoms. The molecule has 0 aliphatic heterocycles. The SMILES string of the molecule is CCc1cc(Nc2nccn3c(-c4cn(C5CC(F)(F)C5)nc4C(F)(F)F)cnc23)ccc1C(=O)NCCOCCCN. The van der Waals surface area contributed by atoms with Gasteiger partial charge in [0, 0.05) is 55.8 Å². The number of rotatable bonds is 12. The number of aromatic nitrogens is 5. The fourth-order valence-electron chi connectivity index (χ4n) is 4.94. The van der Waals surface area contributed by atoms with Crippen LogP contribution in [-0.4, -0.2) is 62.3 Å². The Kier molecular flexibility index (Phi) is 8.64. The highest BCUT2D eigenvalue weighted by molar-refractivity contribution is 5.96. The van der Waals surface area contributed by atoms with Gasteiger partial charge < -0.3 is 21.1 Å². The van der Waals surface area contributed by atoms with Crippen LogP contribution in [0.1, 0.15) is 53.8 Å². The van der Waals surface area contributed by atoms with Crippen LogP contribution in [0.4, 0.5) is 33.5 Å². The lowest BCUT2D eigenvalue weighted by molar-refractivity contribution is -0.142. The summed E-state index contributed by atoms with van der Waals surface area (Å²) in [6.07, 6.45) is 0.629. The number of halogens is 5. The minimum absolute atomic E-state index is 0.0818. The molecule has 0 radical (unpaired) electrons. The second kappa shape index (κ2) is 12.2. The number of hydrogen-bond donors (Lipinski definition) is 3. The van der Waals surface area contributed by atoms with E-state index in [4.69, 9.17) is 10.5 Å². The standard InChI is InChI=1S/C28H31F5N8O2/c1-2-17-12-18(4-5-20(17)26(42)36-8-11-43-10-3-6-34)38-24-25-37-15-22(40(25)9-7-35-24)21-16-41(19-13-27(29,30)14-19)39-23(21)28(31,32)33/h4-5,7,9,12,15-16,19H,2-3,6,8,10-11,13-14,34H2,1H3,(H,35,38)(H,36,42).